The molecule has 1 N–H and O–H groups in total. The summed E-state index contributed by atoms with van der Waals surface area (Å²) in [6.45, 7) is 6.34. The standard InChI is InChI=1S/C16H21F2N3O2/c1-10-5-20(6-11(2)23-10)7-12(22)8-21-9-19-15-3-13(17)14(18)4-16(15)21/h3-4,9-12,22H,5-8H2,1-2H3/t10-,11-,12-/m1/s1. The van der Waals surface area contributed by atoms with E-state index in [0.717, 1.165) is 25.2 Å². The molecule has 0 amide bonds. The Kier molecular flexibility index (Phi) is 4.61. The number of fused-ring (bicyclic) bond motifs is 1. The van der Waals surface area contributed by atoms with E-state index in [1.54, 1.807) is 4.57 Å². The fraction of sp³-hybridized carbons (Fsp3) is 0.562. The number of aromatic nitrogens is 2. The van der Waals surface area contributed by atoms with Crippen LogP contribution in [0.2, 0.25) is 0 Å². The van der Waals surface area contributed by atoms with E-state index in [1.165, 1.54) is 6.33 Å². The van der Waals surface area contributed by atoms with E-state index in [9.17, 15) is 13.9 Å². The van der Waals surface area contributed by atoms with Crippen molar-refractivity contribution in [2.75, 3.05) is 19.6 Å². The average Bonchev–Trinajstić information content (AvgIpc) is 2.80. The number of imidazole rings is 1. The molecular weight excluding hydrogens is 304 g/mol. The van der Waals surface area contributed by atoms with Gasteiger partial charge in [-0.1, -0.05) is 0 Å². The molecule has 7 heteroatoms. The fourth-order valence-electron chi connectivity index (χ4n) is 3.22. The summed E-state index contributed by atoms with van der Waals surface area (Å²) in [6, 6.07) is 2.18. The maximum absolute atomic E-state index is 13.4. The van der Waals surface area contributed by atoms with Crippen molar-refractivity contribution in [2.45, 2.75) is 38.7 Å². The number of aliphatic hydroxyl groups excluding tert-OH is 1. The van der Waals surface area contributed by atoms with Gasteiger partial charge in [-0.15, -0.1) is 0 Å². The average molecular weight is 325 g/mol. The van der Waals surface area contributed by atoms with E-state index < -0.39 is 17.7 Å². The second kappa shape index (κ2) is 6.51. The lowest BCUT2D eigenvalue weighted by atomic mass is 10.2. The summed E-state index contributed by atoms with van der Waals surface area (Å²) in [6.07, 6.45) is 1.14. The largest absolute Gasteiger partial charge is 0.390 e. The van der Waals surface area contributed by atoms with Gasteiger partial charge in [0.2, 0.25) is 0 Å². The van der Waals surface area contributed by atoms with E-state index in [-0.39, 0.29) is 18.8 Å². The number of ether oxygens (including phenoxy) is 1. The molecular formula is C16H21F2N3O2. The number of hydrogen-bond donors (Lipinski definition) is 1. The number of halogens is 2. The zero-order chi connectivity index (χ0) is 16.6. The van der Waals surface area contributed by atoms with E-state index in [4.69, 9.17) is 4.74 Å². The van der Waals surface area contributed by atoms with Crippen molar-refractivity contribution in [1.29, 1.82) is 0 Å². The van der Waals surface area contributed by atoms with E-state index in [2.05, 4.69) is 9.88 Å². The molecule has 1 aromatic carbocycles. The highest BCUT2D eigenvalue weighted by Gasteiger charge is 2.24. The van der Waals surface area contributed by atoms with Crippen LogP contribution in [0, 0.1) is 11.6 Å². The fourth-order valence-corrected chi connectivity index (χ4v) is 3.22. The Morgan fingerprint density at radius 2 is 1.87 bits per heavy atom. The maximum atomic E-state index is 13.4. The van der Waals surface area contributed by atoms with Crippen LogP contribution in [0.5, 0.6) is 0 Å². The SMILES string of the molecule is C[C@@H]1CN(C[C@@H](O)Cn2cnc3cc(F)c(F)cc32)C[C@@H](C)O1. The number of nitrogens with zero attached hydrogens (tertiary/aromatic N) is 3. The molecule has 0 radical (unpaired) electrons. The van der Waals surface area contributed by atoms with Gasteiger partial charge in [0.1, 0.15) is 0 Å². The third-order valence-electron chi connectivity index (χ3n) is 4.03. The molecule has 2 heterocycles. The van der Waals surface area contributed by atoms with Crippen LogP contribution in [0.4, 0.5) is 8.78 Å². The molecule has 2 aromatic rings. The van der Waals surface area contributed by atoms with Crippen molar-refractivity contribution in [3.8, 4) is 0 Å². The van der Waals surface area contributed by atoms with Crippen LogP contribution in [-0.2, 0) is 11.3 Å². The Morgan fingerprint density at radius 3 is 2.57 bits per heavy atom. The molecule has 1 fully saturated rings. The second-order valence-corrected chi connectivity index (χ2v) is 6.28. The molecule has 23 heavy (non-hydrogen) atoms. The molecule has 1 aliphatic rings. The first-order valence-electron chi connectivity index (χ1n) is 7.78. The van der Waals surface area contributed by atoms with Crippen LogP contribution < -0.4 is 0 Å². The van der Waals surface area contributed by atoms with Crippen LogP contribution in [0.25, 0.3) is 11.0 Å². The Balaban J connectivity index is 1.68. The number of hydrogen-bond acceptors (Lipinski definition) is 4. The number of benzene rings is 1. The monoisotopic (exact) mass is 325 g/mol. The molecule has 0 aliphatic carbocycles. The number of rotatable bonds is 4. The molecule has 0 saturated carbocycles. The third kappa shape index (κ3) is 3.68. The van der Waals surface area contributed by atoms with Crippen LogP contribution in [0.1, 0.15) is 13.8 Å². The molecule has 0 unspecified atom stereocenters. The van der Waals surface area contributed by atoms with Crippen molar-refractivity contribution in [3.05, 3.63) is 30.1 Å². The summed E-state index contributed by atoms with van der Waals surface area (Å²) >= 11 is 0. The molecule has 1 saturated heterocycles. The molecule has 3 rings (SSSR count). The van der Waals surface area contributed by atoms with Crippen LogP contribution in [0.3, 0.4) is 0 Å². The van der Waals surface area contributed by atoms with E-state index in [1.807, 2.05) is 13.8 Å². The van der Waals surface area contributed by atoms with Gasteiger partial charge in [-0.05, 0) is 13.8 Å². The summed E-state index contributed by atoms with van der Waals surface area (Å²) in [5, 5.41) is 10.3. The Morgan fingerprint density at radius 1 is 1.22 bits per heavy atom. The Bertz CT molecular complexity index is 681. The minimum atomic E-state index is -0.917. The van der Waals surface area contributed by atoms with Crippen molar-refractivity contribution < 1.29 is 18.6 Å². The zero-order valence-electron chi connectivity index (χ0n) is 13.2. The predicted octanol–water partition coefficient (Wildman–Crippen LogP) is 1.78. The molecule has 1 aliphatic heterocycles. The topological polar surface area (TPSA) is 50.5 Å². The summed E-state index contributed by atoms with van der Waals surface area (Å²) in [7, 11) is 0. The first-order valence-corrected chi connectivity index (χ1v) is 7.78. The van der Waals surface area contributed by atoms with E-state index in [0.29, 0.717) is 17.6 Å². The summed E-state index contributed by atoms with van der Waals surface area (Å²) in [5.74, 6) is -1.83. The number of β-amino-alcohol motifs (C(OH)–C–C–N with tert-alkyl or cyclic N) is 1. The minimum Gasteiger partial charge on any atom is -0.390 e. The number of aliphatic hydroxyl groups is 1. The summed E-state index contributed by atoms with van der Waals surface area (Å²) < 4.78 is 33.9. The van der Waals surface area contributed by atoms with Crippen LogP contribution in [-0.4, -0.2) is 57.5 Å². The molecule has 126 valence electrons. The van der Waals surface area contributed by atoms with Gasteiger partial charge in [0.05, 0.1) is 42.2 Å². The molecule has 1 aromatic heterocycles. The second-order valence-electron chi connectivity index (χ2n) is 6.28. The van der Waals surface area contributed by atoms with Crippen LogP contribution in [0.15, 0.2) is 18.5 Å². The minimum absolute atomic E-state index is 0.136. The first kappa shape index (κ1) is 16.3. The normalized spacial score (nSPS) is 24.2. The van der Waals surface area contributed by atoms with Crippen molar-refractivity contribution >= 4 is 11.0 Å². The molecule has 3 atom stereocenters. The predicted molar refractivity (Wildman–Crippen MR) is 82.1 cm³/mol. The molecule has 0 bridgehead atoms. The van der Waals surface area contributed by atoms with Gasteiger partial charge in [0.25, 0.3) is 0 Å². The maximum Gasteiger partial charge on any atom is 0.161 e. The highest BCUT2D eigenvalue weighted by Crippen LogP contribution is 2.18. The lowest BCUT2D eigenvalue weighted by molar-refractivity contribution is -0.0772. The lowest BCUT2D eigenvalue weighted by Gasteiger charge is -2.36. The molecule has 0 spiro atoms. The lowest BCUT2D eigenvalue weighted by Crippen LogP contribution is -2.48. The summed E-state index contributed by atoms with van der Waals surface area (Å²) in [5.41, 5.74) is 0.858. The van der Waals surface area contributed by atoms with Gasteiger partial charge >= 0.3 is 0 Å². The third-order valence-corrected chi connectivity index (χ3v) is 4.03. The van der Waals surface area contributed by atoms with Crippen molar-refractivity contribution in [2.24, 2.45) is 0 Å². The van der Waals surface area contributed by atoms with Gasteiger partial charge < -0.3 is 14.4 Å². The smallest absolute Gasteiger partial charge is 0.161 e. The highest BCUT2D eigenvalue weighted by molar-refractivity contribution is 5.75. The zero-order valence-corrected chi connectivity index (χ0v) is 13.2. The van der Waals surface area contributed by atoms with E-state index >= 15 is 0 Å². The number of morpholine rings is 1. The van der Waals surface area contributed by atoms with Gasteiger partial charge in [0.15, 0.2) is 11.6 Å². The summed E-state index contributed by atoms with van der Waals surface area (Å²) in [4.78, 5) is 6.21. The van der Waals surface area contributed by atoms with Gasteiger partial charge in [-0.2, -0.15) is 0 Å². The van der Waals surface area contributed by atoms with Gasteiger partial charge in [-0.25, -0.2) is 13.8 Å². The quantitative estimate of drug-likeness (QED) is 0.931. The van der Waals surface area contributed by atoms with Gasteiger partial charge in [0, 0.05) is 31.8 Å². The van der Waals surface area contributed by atoms with Crippen LogP contribution >= 0.6 is 0 Å². The molecule has 5 nitrogen and oxygen atoms in total. The van der Waals surface area contributed by atoms with Crippen molar-refractivity contribution in [3.63, 3.8) is 0 Å². The Hall–Kier alpha value is -1.57. The highest BCUT2D eigenvalue weighted by atomic mass is 19.2. The first-order chi connectivity index (χ1) is 10.9. The van der Waals surface area contributed by atoms with Gasteiger partial charge in [-0.3, -0.25) is 4.90 Å². The van der Waals surface area contributed by atoms with Crippen molar-refractivity contribution in [1.82, 2.24) is 14.5 Å². The Labute approximate surface area is 133 Å².